The number of nitrogens with two attached hydrogens (primary N) is 1. The van der Waals surface area contributed by atoms with Gasteiger partial charge in [0.1, 0.15) is 0 Å². The first-order valence-electron chi connectivity index (χ1n) is 1.83. The van der Waals surface area contributed by atoms with E-state index >= 15 is 0 Å². The smallest absolute Gasteiger partial charge is 0.219 e. The summed E-state index contributed by atoms with van der Waals surface area (Å²) in [4.78, 5) is 7.18. The van der Waals surface area contributed by atoms with Crippen molar-refractivity contribution in [3.05, 3.63) is 18.5 Å². The molecule has 7 heavy (non-hydrogen) atoms. The molecule has 0 bridgehead atoms. The summed E-state index contributed by atoms with van der Waals surface area (Å²) in [6.07, 6.45) is 2.95. The number of hydrogen-bond acceptors (Lipinski definition) is 3. The van der Waals surface area contributed by atoms with Crippen LogP contribution in [0.15, 0.2) is 12.4 Å². The molecule has 35 valence electrons. The van der Waals surface area contributed by atoms with Gasteiger partial charge < -0.3 is 5.73 Å². The monoisotopic (exact) mass is 94.0 g/mol. The molecule has 0 unspecified atom stereocenters. The Bertz CT molecular complexity index is 137. The third-order valence-electron chi connectivity index (χ3n) is 0.543. The summed E-state index contributed by atoms with van der Waals surface area (Å²) in [6, 6.07) is 2.63. The molecule has 0 amide bonds. The minimum absolute atomic E-state index is 0.291. The highest BCUT2D eigenvalue weighted by molar-refractivity contribution is 5.10. The molecular formula is C4H4N3. The third kappa shape index (κ3) is 0.855. The second-order valence-corrected chi connectivity index (χ2v) is 1.04. The minimum atomic E-state index is 0.291. The summed E-state index contributed by atoms with van der Waals surface area (Å²) in [6.45, 7) is 0. The van der Waals surface area contributed by atoms with Crippen LogP contribution in [0.2, 0.25) is 0 Å². The van der Waals surface area contributed by atoms with Gasteiger partial charge in [-0.2, -0.15) is 0 Å². The predicted molar refractivity (Wildman–Crippen MR) is 25.3 cm³/mol. The van der Waals surface area contributed by atoms with Crippen molar-refractivity contribution in [2.75, 3.05) is 5.73 Å². The van der Waals surface area contributed by atoms with Gasteiger partial charge in [0, 0.05) is 18.5 Å². The normalized spacial score (nSPS) is 8.57. The molecule has 2 N–H and O–H groups in total. The van der Waals surface area contributed by atoms with Crippen LogP contribution in [0.4, 0.5) is 5.95 Å². The molecule has 0 aliphatic heterocycles. The van der Waals surface area contributed by atoms with Crippen LogP contribution in [0.1, 0.15) is 0 Å². The molecule has 0 fully saturated rings. The van der Waals surface area contributed by atoms with Gasteiger partial charge >= 0.3 is 0 Å². The molecule has 0 aliphatic carbocycles. The van der Waals surface area contributed by atoms with Gasteiger partial charge in [-0.3, -0.25) is 0 Å². The number of aromatic nitrogens is 2. The van der Waals surface area contributed by atoms with Crippen LogP contribution in [-0.2, 0) is 0 Å². The van der Waals surface area contributed by atoms with Crippen LogP contribution in [0.5, 0.6) is 0 Å². The molecule has 1 aromatic heterocycles. The van der Waals surface area contributed by atoms with Gasteiger partial charge in [-0.15, -0.1) is 0 Å². The molecule has 3 heteroatoms. The Labute approximate surface area is 41.2 Å². The standard InChI is InChI=1S/C4H4N3/c5-4-6-2-1-3-7-4/h2-3H,(H2,5,6,7). The maximum absolute atomic E-state index is 5.12. The van der Waals surface area contributed by atoms with Gasteiger partial charge in [-0.25, -0.2) is 9.97 Å². The average Bonchev–Trinajstić information content (AvgIpc) is 1.69. The first-order chi connectivity index (χ1) is 3.39. The van der Waals surface area contributed by atoms with E-state index in [1.54, 1.807) is 0 Å². The summed E-state index contributed by atoms with van der Waals surface area (Å²) in [5, 5.41) is 0. The van der Waals surface area contributed by atoms with Crippen LogP contribution in [0.25, 0.3) is 0 Å². The molecule has 0 atom stereocenters. The molecule has 0 saturated carbocycles. The first kappa shape index (κ1) is 4.05. The van der Waals surface area contributed by atoms with E-state index < -0.39 is 0 Å². The highest BCUT2D eigenvalue weighted by Gasteiger charge is 1.75. The Morgan fingerprint density at radius 2 is 2.00 bits per heavy atom. The van der Waals surface area contributed by atoms with Gasteiger partial charge in [0.05, 0.1) is 0 Å². The Kier molecular flexibility index (Phi) is 0.898. The second-order valence-electron chi connectivity index (χ2n) is 1.04. The van der Waals surface area contributed by atoms with Crippen molar-refractivity contribution in [1.82, 2.24) is 9.97 Å². The molecule has 0 spiro atoms. The van der Waals surface area contributed by atoms with Gasteiger partial charge in [0.2, 0.25) is 5.95 Å². The zero-order valence-electron chi connectivity index (χ0n) is 3.63. The first-order valence-corrected chi connectivity index (χ1v) is 1.83. The van der Waals surface area contributed by atoms with Crippen molar-refractivity contribution in [3.63, 3.8) is 0 Å². The van der Waals surface area contributed by atoms with E-state index in [-0.39, 0.29) is 0 Å². The van der Waals surface area contributed by atoms with E-state index in [1.165, 1.54) is 12.4 Å². The SMILES string of the molecule is Nc1nc[c]cn1. The third-order valence-corrected chi connectivity index (χ3v) is 0.543. The highest BCUT2D eigenvalue weighted by Crippen LogP contribution is 1.80. The van der Waals surface area contributed by atoms with Crippen molar-refractivity contribution < 1.29 is 0 Å². The highest BCUT2D eigenvalue weighted by atomic mass is 15.0. The largest absolute Gasteiger partial charge is 0.368 e. The molecule has 1 radical (unpaired) electrons. The lowest BCUT2D eigenvalue weighted by atomic mass is 10.7. The van der Waals surface area contributed by atoms with E-state index in [0.717, 1.165) is 0 Å². The Morgan fingerprint density at radius 1 is 1.43 bits per heavy atom. The lowest BCUT2D eigenvalue weighted by Gasteiger charge is -1.81. The molecule has 0 saturated heterocycles. The Hall–Kier alpha value is -1.12. The quantitative estimate of drug-likeness (QED) is 0.486. The lowest BCUT2D eigenvalue weighted by molar-refractivity contribution is 1.18. The topological polar surface area (TPSA) is 51.8 Å². The summed E-state index contributed by atoms with van der Waals surface area (Å²) < 4.78 is 0. The van der Waals surface area contributed by atoms with Gasteiger partial charge in [-0.05, 0) is 0 Å². The lowest BCUT2D eigenvalue weighted by Crippen LogP contribution is -1.90. The van der Waals surface area contributed by atoms with Crippen LogP contribution >= 0.6 is 0 Å². The second kappa shape index (κ2) is 1.55. The van der Waals surface area contributed by atoms with Gasteiger partial charge in [0.25, 0.3) is 0 Å². The van der Waals surface area contributed by atoms with Crippen molar-refractivity contribution in [1.29, 1.82) is 0 Å². The van der Waals surface area contributed by atoms with Crippen LogP contribution in [-0.4, -0.2) is 9.97 Å². The summed E-state index contributed by atoms with van der Waals surface area (Å²) >= 11 is 0. The summed E-state index contributed by atoms with van der Waals surface area (Å²) in [5.74, 6) is 0.291. The zero-order valence-corrected chi connectivity index (χ0v) is 3.63. The minimum Gasteiger partial charge on any atom is -0.368 e. The molecule has 1 heterocycles. The van der Waals surface area contributed by atoms with Crippen molar-refractivity contribution in [2.24, 2.45) is 0 Å². The predicted octanol–water partition coefficient (Wildman–Crippen LogP) is -0.141. The van der Waals surface area contributed by atoms with Crippen molar-refractivity contribution in [3.8, 4) is 0 Å². The molecule has 3 nitrogen and oxygen atoms in total. The number of nitrogens with zero attached hydrogens (tertiary/aromatic N) is 2. The Balaban J connectivity index is 3.02. The molecule has 1 rings (SSSR count). The van der Waals surface area contributed by atoms with Crippen LogP contribution in [0.3, 0.4) is 0 Å². The van der Waals surface area contributed by atoms with Gasteiger partial charge in [-0.1, -0.05) is 0 Å². The van der Waals surface area contributed by atoms with E-state index in [4.69, 9.17) is 5.73 Å². The average molecular weight is 94.1 g/mol. The van der Waals surface area contributed by atoms with E-state index in [2.05, 4.69) is 16.0 Å². The fourth-order valence-electron chi connectivity index (χ4n) is 0.273. The zero-order chi connectivity index (χ0) is 5.11. The molecular weight excluding hydrogens is 90.1 g/mol. The number of anilines is 1. The van der Waals surface area contributed by atoms with E-state index in [1.807, 2.05) is 0 Å². The fourth-order valence-corrected chi connectivity index (χ4v) is 0.273. The van der Waals surface area contributed by atoms with Crippen molar-refractivity contribution >= 4 is 5.95 Å². The fraction of sp³-hybridized carbons (Fsp3) is 0. The molecule has 0 aliphatic rings. The molecule has 1 aromatic rings. The number of hydrogen-bond donors (Lipinski definition) is 1. The summed E-state index contributed by atoms with van der Waals surface area (Å²) in [5.41, 5.74) is 5.12. The molecule has 0 aromatic carbocycles. The van der Waals surface area contributed by atoms with Crippen LogP contribution < -0.4 is 5.73 Å². The maximum atomic E-state index is 5.12. The number of rotatable bonds is 0. The van der Waals surface area contributed by atoms with E-state index in [9.17, 15) is 0 Å². The van der Waals surface area contributed by atoms with Gasteiger partial charge in [0.15, 0.2) is 0 Å². The summed E-state index contributed by atoms with van der Waals surface area (Å²) in [7, 11) is 0. The van der Waals surface area contributed by atoms with Crippen molar-refractivity contribution in [2.45, 2.75) is 0 Å². The maximum Gasteiger partial charge on any atom is 0.219 e. The number of nitrogen functional groups attached to an aromatic ring is 1. The van der Waals surface area contributed by atoms with E-state index in [0.29, 0.717) is 5.95 Å². The van der Waals surface area contributed by atoms with Crippen LogP contribution in [0, 0.1) is 6.07 Å². The Morgan fingerprint density at radius 3 is 2.29 bits per heavy atom.